The molecule has 0 spiro atoms. The molecule has 0 saturated heterocycles. The van der Waals surface area contributed by atoms with E-state index in [9.17, 15) is 13.7 Å². The molecule has 0 aromatic rings. The van der Waals surface area contributed by atoms with E-state index in [0.717, 1.165) is 0 Å². The fourth-order valence-corrected chi connectivity index (χ4v) is 2.82. The zero-order chi connectivity index (χ0) is 10.9. The minimum absolute atomic E-state index is 0. The van der Waals surface area contributed by atoms with Crippen LogP contribution >= 0.6 is 23.5 Å². The van der Waals surface area contributed by atoms with E-state index in [4.69, 9.17) is 24.5 Å². The van der Waals surface area contributed by atoms with Crippen LogP contribution in [0.25, 0.3) is 0 Å². The Morgan fingerprint density at radius 1 is 0.714 bits per heavy atom. The van der Waals surface area contributed by atoms with Gasteiger partial charge in [0, 0.05) is 0 Å². The molecule has 2 radical (unpaired) electrons. The summed E-state index contributed by atoms with van der Waals surface area (Å²) < 4.78 is 36.4. The molecule has 0 aliphatic heterocycles. The quantitative estimate of drug-likeness (QED) is 0.239. The summed E-state index contributed by atoms with van der Waals surface area (Å²) in [5.41, 5.74) is 0. The van der Waals surface area contributed by atoms with Crippen LogP contribution in [0.15, 0.2) is 0 Å². The van der Waals surface area contributed by atoms with Gasteiger partial charge in [0.1, 0.15) is 0 Å². The minimum atomic E-state index is -5.46. The molecule has 0 amide bonds. The summed E-state index contributed by atoms with van der Waals surface area (Å²) >= 11 is 0. The average molecular weight is 467 g/mol. The first-order valence-corrected chi connectivity index (χ1v) is 6.83. The Hall–Kier alpha value is 1.33. The van der Waals surface area contributed by atoms with E-state index in [2.05, 4.69) is 8.62 Å². The fourth-order valence-electron chi connectivity index (χ4n) is 0.284. The molecule has 0 fully saturated rings. The summed E-state index contributed by atoms with van der Waals surface area (Å²) in [4.78, 5) is 40.2. The molecule has 0 aromatic carbocycles. The summed E-state index contributed by atoms with van der Waals surface area (Å²) in [6.07, 6.45) is 0. The summed E-state index contributed by atoms with van der Waals surface area (Å²) in [6, 6.07) is 0. The van der Waals surface area contributed by atoms with Gasteiger partial charge in [-0.2, -0.15) is 8.62 Å². The Labute approximate surface area is 97.5 Å². The maximum atomic E-state index is 10.4. The van der Waals surface area contributed by atoms with Crippen molar-refractivity contribution >= 4 is 50.8 Å². The molecule has 0 aliphatic carbocycles. The Bertz CT molecular complexity index is 277. The van der Waals surface area contributed by atoms with Crippen LogP contribution in [0, 0.1) is 0 Å². The van der Waals surface area contributed by atoms with Crippen LogP contribution in [0.5, 0.6) is 0 Å². The van der Waals surface area contributed by atoms with Crippen LogP contribution in [-0.4, -0.2) is 51.8 Å². The van der Waals surface area contributed by atoms with Gasteiger partial charge in [-0.25, -0.2) is 13.7 Å². The number of rotatable bonds is 4. The van der Waals surface area contributed by atoms with Gasteiger partial charge in [-0.3, -0.25) is 0 Å². The molecule has 0 aromatic heterocycles. The predicted octanol–water partition coefficient (Wildman–Crippen LogP) is -1.61. The van der Waals surface area contributed by atoms with Crippen molar-refractivity contribution in [1.82, 2.24) is 0 Å². The SMILES string of the molecule is O=P(O)(O)OP(=O)(O)OP(=O)(O)O.[PbH2]. The van der Waals surface area contributed by atoms with E-state index < -0.39 is 23.5 Å². The number of phosphoric acid groups is 3. The normalized spacial score (nSPS) is 13.5. The summed E-state index contributed by atoms with van der Waals surface area (Å²) in [6.45, 7) is 0. The first-order valence-electron chi connectivity index (χ1n) is 2.28. The van der Waals surface area contributed by atoms with Crippen molar-refractivity contribution in [3.63, 3.8) is 0 Å². The fraction of sp³-hybridized carbons (Fsp3) is 0. The van der Waals surface area contributed by atoms with E-state index in [1.807, 2.05) is 0 Å². The van der Waals surface area contributed by atoms with Crippen LogP contribution in [0.2, 0.25) is 0 Å². The zero-order valence-electron chi connectivity index (χ0n) is 6.33. The third-order valence-electron chi connectivity index (χ3n) is 0.419. The molecule has 0 heterocycles. The number of hydrogen-bond acceptors (Lipinski definition) is 5. The Morgan fingerprint density at radius 2 is 0.929 bits per heavy atom. The van der Waals surface area contributed by atoms with Gasteiger partial charge in [0.2, 0.25) is 0 Å². The van der Waals surface area contributed by atoms with Crippen molar-refractivity contribution in [2.24, 2.45) is 0 Å². The van der Waals surface area contributed by atoms with Crippen molar-refractivity contribution in [2.45, 2.75) is 0 Å². The zero-order valence-corrected chi connectivity index (χ0v) is 14.5. The van der Waals surface area contributed by atoms with E-state index in [0.29, 0.717) is 0 Å². The molecule has 0 aliphatic rings. The molecule has 0 rings (SSSR count). The first-order chi connectivity index (χ1) is 5.41. The average Bonchev–Trinajstić information content (AvgIpc) is 1.43. The summed E-state index contributed by atoms with van der Waals surface area (Å²) in [7, 11) is -16.2. The molecular weight excluding hydrogens is 460 g/mol. The van der Waals surface area contributed by atoms with E-state index in [-0.39, 0.29) is 27.3 Å². The van der Waals surface area contributed by atoms with E-state index >= 15 is 0 Å². The second-order valence-electron chi connectivity index (χ2n) is 1.61. The molecule has 5 N–H and O–H groups in total. The Kier molecular flexibility index (Phi) is 7.08. The van der Waals surface area contributed by atoms with Crippen LogP contribution in [-0.2, 0) is 22.3 Å². The Morgan fingerprint density at radius 3 is 1.07 bits per heavy atom. The van der Waals surface area contributed by atoms with Crippen molar-refractivity contribution in [2.75, 3.05) is 0 Å². The third-order valence-corrected chi connectivity index (χ3v) is 3.77. The molecule has 0 unspecified atom stereocenters. The van der Waals surface area contributed by atoms with Crippen molar-refractivity contribution in [1.29, 1.82) is 0 Å². The molecular formula is H7O10P3Pb. The van der Waals surface area contributed by atoms with E-state index in [1.54, 1.807) is 0 Å². The summed E-state index contributed by atoms with van der Waals surface area (Å²) in [5, 5.41) is 0. The third kappa shape index (κ3) is 11.4. The van der Waals surface area contributed by atoms with Gasteiger partial charge in [0.15, 0.2) is 0 Å². The molecule has 14 heteroatoms. The topological polar surface area (TPSA) is 171 Å². The monoisotopic (exact) mass is 468 g/mol. The van der Waals surface area contributed by atoms with Crippen molar-refractivity contribution < 1.29 is 46.8 Å². The van der Waals surface area contributed by atoms with Gasteiger partial charge in [0.05, 0.1) is 0 Å². The van der Waals surface area contributed by atoms with Gasteiger partial charge in [-0.15, -0.1) is 0 Å². The summed E-state index contributed by atoms with van der Waals surface area (Å²) in [5.74, 6) is 0. The molecule has 0 atom stereocenters. The van der Waals surface area contributed by atoms with E-state index in [1.165, 1.54) is 0 Å². The van der Waals surface area contributed by atoms with Crippen LogP contribution in [0.4, 0.5) is 0 Å². The second kappa shape index (κ2) is 5.60. The van der Waals surface area contributed by atoms with Crippen LogP contribution in [0.3, 0.4) is 0 Å². The molecule has 10 nitrogen and oxygen atoms in total. The van der Waals surface area contributed by atoms with Gasteiger partial charge in [-0.1, -0.05) is 0 Å². The molecule has 14 heavy (non-hydrogen) atoms. The number of hydrogen-bond donors (Lipinski definition) is 5. The van der Waals surface area contributed by atoms with Crippen LogP contribution in [0.1, 0.15) is 0 Å². The van der Waals surface area contributed by atoms with Crippen LogP contribution < -0.4 is 0 Å². The van der Waals surface area contributed by atoms with Gasteiger partial charge in [0.25, 0.3) is 0 Å². The molecule has 0 bridgehead atoms. The van der Waals surface area contributed by atoms with Gasteiger partial charge >= 0.3 is 50.8 Å². The van der Waals surface area contributed by atoms with Crippen molar-refractivity contribution in [3.8, 4) is 0 Å². The predicted molar refractivity (Wildman–Crippen MR) is 44.6 cm³/mol. The standard InChI is InChI=1S/H5O10P3.Pb.2H/c1-11(2,3)9-13(7,8)10-12(4,5)6;;;/h(H,7,8)(H2,1,2,3)(H2,4,5,6);;;. The maximum absolute atomic E-state index is 10.4. The Balaban J connectivity index is 0. The van der Waals surface area contributed by atoms with Crippen molar-refractivity contribution in [3.05, 3.63) is 0 Å². The second-order valence-corrected chi connectivity index (χ2v) is 5.82. The molecule has 0 saturated carbocycles. The van der Waals surface area contributed by atoms with Gasteiger partial charge < -0.3 is 24.5 Å². The first kappa shape index (κ1) is 17.7. The molecule has 86 valence electrons. The van der Waals surface area contributed by atoms with Gasteiger partial charge in [-0.05, 0) is 0 Å².